The highest BCUT2D eigenvalue weighted by molar-refractivity contribution is 7.47. The standard InChI is InChI=1S/C91H167O25P/c1-5-9-13-17-21-25-29-33-36-40-44-48-52-56-60-64-75(94)108-70-73-79(98)81(100)85(104)91(112-73)115-88-86(113-77(96)66-62-58-54-50-46-42-38-35-31-27-23-19-15-11-7-3)82(101)83(102)87(114-90-84(103)80(99)78(97)72(67-92)111-90)89(88)116-117(105,106)109-69-71(68-107-74(93)63-59-55-51-47-43-39-32-28-24-20-16-12-8-4)110-76(95)65-61-57-53-49-45-41-37-34-30-26-22-18-14-10-6-2/h25,29,39,43,71-73,78-92,97-104H,5-24,26-28,30-38,40-42,44-70H2,1-4H3,(H,105,106)/b29-25-,43-39-. The lowest BCUT2D eigenvalue weighted by Gasteiger charge is -2.50. The van der Waals surface area contributed by atoms with Crippen LogP contribution in [0.2, 0.25) is 0 Å². The SMILES string of the molecule is CCCCCC/C=C\CCCCCCCCCC(=O)OCC1OC(OC2C(OC(=O)CCCCCCCCCCCCCCCCC)C(O)C(O)C(OC3OC(CO)C(O)C(O)C3O)C2OP(=O)(O)OCC(COC(=O)CCCCC/C=C\CCCCCCCC)OC(=O)CCCCCCCCCCCCCCCCC)C(O)C(O)C1O. The number of hydrogen-bond acceptors (Lipinski definition) is 24. The van der Waals surface area contributed by atoms with Crippen molar-refractivity contribution in [2.24, 2.45) is 0 Å². The van der Waals surface area contributed by atoms with Crippen molar-refractivity contribution in [3.05, 3.63) is 24.3 Å². The predicted molar refractivity (Wildman–Crippen MR) is 453 cm³/mol. The van der Waals surface area contributed by atoms with Gasteiger partial charge in [-0.3, -0.25) is 28.2 Å². The van der Waals surface area contributed by atoms with Gasteiger partial charge >= 0.3 is 31.7 Å². The first kappa shape index (κ1) is 108. The number of aliphatic hydroxyl groups is 9. The van der Waals surface area contributed by atoms with Crippen LogP contribution in [0.3, 0.4) is 0 Å². The summed E-state index contributed by atoms with van der Waals surface area (Å²) in [6.45, 7) is 5.57. The van der Waals surface area contributed by atoms with Gasteiger partial charge in [0.1, 0.15) is 92.6 Å². The smallest absolute Gasteiger partial charge is 0.463 e. The van der Waals surface area contributed by atoms with Crippen LogP contribution in [0.5, 0.6) is 0 Å². The molecular weight excluding hydrogens is 1520 g/mol. The van der Waals surface area contributed by atoms with Crippen LogP contribution in [0.25, 0.3) is 0 Å². The number of phosphoric ester groups is 1. The van der Waals surface area contributed by atoms with Gasteiger partial charge in [-0.25, -0.2) is 4.57 Å². The Hall–Kier alpha value is -3.05. The molecule has 0 bridgehead atoms. The molecule has 26 heteroatoms. The van der Waals surface area contributed by atoms with E-state index in [4.69, 9.17) is 46.9 Å². The molecule has 117 heavy (non-hydrogen) atoms. The van der Waals surface area contributed by atoms with Crippen LogP contribution in [-0.2, 0) is 70.7 Å². The lowest BCUT2D eigenvalue weighted by atomic mass is 9.84. The molecular formula is C91H167O25P. The van der Waals surface area contributed by atoms with Gasteiger partial charge in [0, 0.05) is 25.7 Å². The largest absolute Gasteiger partial charge is 0.472 e. The molecule has 2 heterocycles. The maximum atomic E-state index is 14.9. The number of esters is 4. The van der Waals surface area contributed by atoms with Crippen molar-refractivity contribution < 1.29 is 122 Å². The summed E-state index contributed by atoms with van der Waals surface area (Å²) in [4.78, 5) is 66.4. The topological polar surface area (TPSA) is 380 Å². The Morgan fingerprint density at radius 2 is 0.641 bits per heavy atom. The van der Waals surface area contributed by atoms with Crippen LogP contribution < -0.4 is 0 Å². The highest BCUT2D eigenvalue weighted by Crippen LogP contribution is 2.49. The lowest BCUT2D eigenvalue weighted by Crippen LogP contribution is -2.70. The molecule has 0 amide bonds. The van der Waals surface area contributed by atoms with Crippen LogP contribution >= 0.6 is 7.82 Å². The number of unbranched alkanes of at least 4 members (excludes halogenated alkanes) is 48. The van der Waals surface area contributed by atoms with E-state index in [1.54, 1.807) is 0 Å². The van der Waals surface area contributed by atoms with Crippen molar-refractivity contribution in [1.82, 2.24) is 0 Å². The molecule has 18 unspecified atom stereocenters. The van der Waals surface area contributed by atoms with Gasteiger partial charge in [-0.1, -0.05) is 322 Å². The van der Waals surface area contributed by atoms with Crippen LogP contribution in [0, 0.1) is 0 Å². The fourth-order valence-electron chi connectivity index (χ4n) is 15.4. The number of hydrogen-bond donors (Lipinski definition) is 10. The Morgan fingerprint density at radius 3 is 1.03 bits per heavy atom. The van der Waals surface area contributed by atoms with E-state index in [-0.39, 0.29) is 25.7 Å². The first-order valence-electron chi connectivity index (χ1n) is 47.1. The summed E-state index contributed by atoms with van der Waals surface area (Å²) in [5.41, 5.74) is 0. The molecule has 0 aromatic rings. The molecule has 3 aliphatic rings. The van der Waals surface area contributed by atoms with E-state index >= 15 is 0 Å². The molecule has 1 saturated carbocycles. The van der Waals surface area contributed by atoms with Crippen LogP contribution in [0.4, 0.5) is 0 Å². The van der Waals surface area contributed by atoms with Crippen LogP contribution in [-0.4, -0.2) is 205 Å². The van der Waals surface area contributed by atoms with E-state index < -0.39 is 162 Å². The number of phosphoric acid groups is 1. The van der Waals surface area contributed by atoms with Crippen molar-refractivity contribution in [2.75, 3.05) is 26.4 Å². The third-order valence-electron chi connectivity index (χ3n) is 22.9. The Morgan fingerprint density at radius 1 is 0.333 bits per heavy atom. The van der Waals surface area contributed by atoms with Gasteiger partial charge in [0.25, 0.3) is 0 Å². The Bertz CT molecular complexity index is 2530. The number of carbonyl (C=O) groups excluding carboxylic acids is 4. The number of rotatable bonds is 76. The van der Waals surface area contributed by atoms with Crippen LogP contribution in [0.1, 0.15) is 400 Å². The minimum Gasteiger partial charge on any atom is -0.463 e. The van der Waals surface area contributed by atoms with Crippen molar-refractivity contribution >= 4 is 31.7 Å². The molecule has 10 N–H and O–H groups in total. The van der Waals surface area contributed by atoms with Gasteiger partial charge in [0.2, 0.25) is 0 Å². The molecule has 3 rings (SSSR count). The third kappa shape index (κ3) is 50.5. The zero-order valence-corrected chi connectivity index (χ0v) is 73.9. The quantitative estimate of drug-likeness (QED) is 0.00889. The van der Waals surface area contributed by atoms with E-state index in [2.05, 4.69) is 52.0 Å². The second kappa shape index (κ2) is 70.3. The lowest BCUT2D eigenvalue weighted by molar-refractivity contribution is -0.360. The number of carbonyl (C=O) groups is 4. The average Bonchev–Trinajstić information content (AvgIpc) is 0.754. The molecule has 0 aromatic heterocycles. The molecule has 18 atom stereocenters. The maximum Gasteiger partial charge on any atom is 0.472 e. The van der Waals surface area contributed by atoms with E-state index in [9.17, 15) is 74.6 Å². The van der Waals surface area contributed by atoms with Gasteiger partial charge in [0.15, 0.2) is 24.8 Å². The predicted octanol–water partition coefficient (Wildman–Crippen LogP) is 17.3. The fraction of sp³-hybridized carbons (Fsp3) is 0.912. The minimum absolute atomic E-state index is 0.00952. The second-order valence-corrected chi connectivity index (χ2v) is 34.9. The molecule has 2 aliphatic heterocycles. The first-order chi connectivity index (χ1) is 56.7. The van der Waals surface area contributed by atoms with E-state index in [1.807, 2.05) is 0 Å². The molecule has 2 saturated heterocycles. The minimum atomic E-state index is -5.81. The van der Waals surface area contributed by atoms with Crippen molar-refractivity contribution in [3.63, 3.8) is 0 Å². The summed E-state index contributed by atoms with van der Waals surface area (Å²) in [7, 11) is -5.81. The van der Waals surface area contributed by atoms with Gasteiger partial charge in [0.05, 0.1) is 13.2 Å². The Balaban J connectivity index is 1.92. The second-order valence-electron chi connectivity index (χ2n) is 33.5. The number of ether oxygens (including phenoxy) is 8. The van der Waals surface area contributed by atoms with Crippen molar-refractivity contribution in [3.8, 4) is 0 Å². The zero-order valence-electron chi connectivity index (χ0n) is 73.0. The molecule has 1 aliphatic carbocycles. The monoisotopic (exact) mass is 1690 g/mol. The average molecular weight is 1690 g/mol. The van der Waals surface area contributed by atoms with Gasteiger partial charge in [-0.2, -0.15) is 0 Å². The van der Waals surface area contributed by atoms with E-state index in [0.717, 1.165) is 148 Å². The highest BCUT2D eigenvalue weighted by atomic mass is 31.2. The van der Waals surface area contributed by atoms with Crippen LogP contribution in [0.15, 0.2) is 24.3 Å². The molecule has 0 spiro atoms. The summed E-state index contributed by atoms with van der Waals surface area (Å²) < 4.78 is 73.4. The Kier molecular flexibility index (Phi) is 64.9. The number of aliphatic hydroxyl groups excluding tert-OH is 9. The summed E-state index contributed by atoms with van der Waals surface area (Å²) >= 11 is 0. The van der Waals surface area contributed by atoms with E-state index in [1.165, 1.54) is 167 Å². The first-order valence-corrected chi connectivity index (χ1v) is 48.6. The summed E-state index contributed by atoms with van der Waals surface area (Å²) in [5.74, 6) is -2.98. The summed E-state index contributed by atoms with van der Waals surface area (Å²) in [6, 6.07) is 0. The molecule has 25 nitrogen and oxygen atoms in total. The normalized spacial score (nSPS) is 25.1. The molecule has 0 aromatic carbocycles. The molecule has 3 fully saturated rings. The van der Waals surface area contributed by atoms with Gasteiger partial charge in [-0.15, -0.1) is 0 Å². The molecule has 686 valence electrons. The third-order valence-corrected chi connectivity index (χ3v) is 23.9. The number of allylic oxidation sites excluding steroid dienone is 4. The van der Waals surface area contributed by atoms with Gasteiger partial charge < -0.3 is 88.7 Å². The highest BCUT2D eigenvalue weighted by Gasteiger charge is 2.60. The van der Waals surface area contributed by atoms with E-state index in [0.29, 0.717) is 32.1 Å². The van der Waals surface area contributed by atoms with Crippen molar-refractivity contribution in [2.45, 2.75) is 504 Å². The maximum absolute atomic E-state index is 14.9. The summed E-state index contributed by atoms with van der Waals surface area (Å²) in [5, 5.41) is 102. The molecule has 0 radical (unpaired) electrons. The summed E-state index contributed by atoms with van der Waals surface area (Å²) in [6.07, 6.45) is 30.2. The zero-order chi connectivity index (χ0) is 85.4. The fourth-order valence-corrected chi connectivity index (χ4v) is 16.4. The van der Waals surface area contributed by atoms with Gasteiger partial charge in [-0.05, 0) is 77.0 Å². The van der Waals surface area contributed by atoms with Crippen molar-refractivity contribution in [1.29, 1.82) is 0 Å². The Labute approximate surface area is 704 Å².